The van der Waals surface area contributed by atoms with E-state index in [0.29, 0.717) is 39.1 Å². The molecule has 2 fully saturated rings. The normalized spacial score (nSPS) is 24.6. The molecule has 0 aromatic carbocycles. The highest BCUT2D eigenvalue weighted by Crippen LogP contribution is 2.26. The van der Waals surface area contributed by atoms with Crippen LogP contribution in [-0.4, -0.2) is 86.8 Å². The van der Waals surface area contributed by atoms with Gasteiger partial charge in [0.15, 0.2) is 0 Å². The molecule has 0 aromatic rings. The Morgan fingerprint density at radius 3 is 2.52 bits per heavy atom. The third-order valence-corrected chi connectivity index (χ3v) is 4.78. The van der Waals surface area contributed by atoms with E-state index in [4.69, 9.17) is 14.2 Å². The Morgan fingerprint density at radius 1 is 1.16 bits per heavy atom. The van der Waals surface area contributed by atoms with E-state index in [1.165, 1.54) is 7.11 Å². The second kappa shape index (κ2) is 9.72. The van der Waals surface area contributed by atoms with Gasteiger partial charge in [0.2, 0.25) is 0 Å². The van der Waals surface area contributed by atoms with E-state index in [1.54, 1.807) is 11.8 Å². The van der Waals surface area contributed by atoms with Crippen LogP contribution in [0.3, 0.4) is 0 Å². The molecule has 1 amide bonds. The summed E-state index contributed by atoms with van der Waals surface area (Å²) < 4.78 is 15.1. The third kappa shape index (κ3) is 5.67. The molecule has 2 atom stereocenters. The van der Waals surface area contributed by atoms with Gasteiger partial charge in [-0.05, 0) is 19.8 Å². The quantitative estimate of drug-likeness (QED) is 0.511. The van der Waals surface area contributed by atoms with Crippen molar-refractivity contribution in [1.82, 2.24) is 9.80 Å². The van der Waals surface area contributed by atoms with Crippen molar-refractivity contribution in [3.8, 4) is 0 Å². The van der Waals surface area contributed by atoms with Crippen molar-refractivity contribution < 1.29 is 28.6 Å². The molecule has 2 rings (SSSR count). The van der Waals surface area contributed by atoms with Gasteiger partial charge in [-0.2, -0.15) is 0 Å². The number of carbonyl (C=O) groups is 3. The van der Waals surface area contributed by atoms with Crippen molar-refractivity contribution in [2.75, 3.05) is 53.1 Å². The zero-order chi connectivity index (χ0) is 18.2. The Hall–Kier alpha value is -1.67. The molecule has 0 aromatic heterocycles. The van der Waals surface area contributed by atoms with Crippen LogP contribution < -0.4 is 0 Å². The molecule has 8 nitrogen and oxygen atoms in total. The van der Waals surface area contributed by atoms with Gasteiger partial charge in [0, 0.05) is 38.1 Å². The van der Waals surface area contributed by atoms with Crippen LogP contribution >= 0.6 is 0 Å². The average Bonchev–Trinajstić information content (AvgIpc) is 2.62. The summed E-state index contributed by atoms with van der Waals surface area (Å²) in [5.41, 5.74) is 0. The molecule has 0 N–H and O–H groups in total. The molecule has 142 valence electrons. The van der Waals surface area contributed by atoms with E-state index >= 15 is 0 Å². The summed E-state index contributed by atoms with van der Waals surface area (Å²) in [4.78, 5) is 40.0. The Labute approximate surface area is 148 Å². The van der Waals surface area contributed by atoms with E-state index in [9.17, 15) is 14.4 Å². The lowest BCUT2D eigenvalue weighted by molar-refractivity contribution is -0.146. The van der Waals surface area contributed by atoms with E-state index in [-0.39, 0.29) is 36.9 Å². The maximum Gasteiger partial charge on any atom is 0.409 e. The zero-order valence-electron chi connectivity index (χ0n) is 15.1. The number of carbonyl (C=O) groups excluding carboxylic acids is 3. The minimum absolute atomic E-state index is 0.101. The fourth-order valence-electron chi connectivity index (χ4n) is 3.45. The molecule has 8 heteroatoms. The Balaban J connectivity index is 1.98. The fraction of sp³-hybridized carbons (Fsp3) is 0.824. The SMILES string of the molecule is CCOC(=O)CC(=O)[C@H]1CCN(C(=O)OC)[C@H](CN2CCOCC2)C1. The van der Waals surface area contributed by atoms with Crippen LogP contribution in [0.4, 0.5) is 4.79 Å². The van der Waals surface area contributed by atoms with Gasteiger partial charge in [-0.25, -0.2) is 4.79 Å². The van der Waals surface area contributed by atoms with Crippen molar-refractivity contribution in [2.24, 2.45) is 5.92 Å². The largest absolute Gasteiger partial charge is 0.466 e. The summed E-state index contributed by atoms with van der Waals surface area (Å²) in [6.07, 6.45) is 0.535. The molecule has 2 aliphatic heterocycles. The first kappa shape index (κ1) is 19.7. The molecule has 25 heavy (non-hydrogen) atoms. The highest BCUT2D eigenvalue weighted by atomic mass is 16.5. The van der Waals surface area contributed by atoms with Crippen LogP contribution in [0.1, 0.15) is 26.2 Å². The van der Waals surface area contributed by atoms with E-state index in [2.05, 4.69) is 4.90 Å². The predicted octanol–water partition coefficient (Wildman–Crippen LogP) is 0.688. The lowest BCUT2D eigenvalue weighted by atomic mass is 9.86. The molecule has 0 radical (unpaired) electrons. The first-order valence-electron chi connectivity index (χ1n) is 8.88. The molecule has 0 unspecified atom stereocenters. The van der Waals surface area contributed by atoms with Crippen LogP contribution in [-0.2, 0) is 23.8 Å². The number of piperidine rings is 1. The number of hydrogen-bond donors (Lipinski definition) is 0. The summed E-state index contributed by atoms with van der Waals surface area (Å²) in [6, 6.07) is -0.101. The van der Waals surface area contributed by atoms with Gasteiger partial charge < -0.3 is 19.1 Å². The van der Waals surface area contributed by atoms with Crippen molar-refractivity contribution in [1.29, 1.82) is 0 Å². The molecular formula is C17H28N2O6. The van der Waals surface area contributed by atoms with Gasteiger partial charge in [0.05, 0.1) is 26.9 Å². The van der Waals surface area contributed by atoms with Crippen LogP contribution in [0.5, 0.6) is 0 Å². The minimum atomic E-state index is -0.479. The predicted molar refractivity (Wildman–Crippen MR) is 89.1 cm³/mol. The Kier molecular flexibility index (Phi) is 7.64. The standard InChI is InChI=1S/C17H28N2O6/c1-3-25-16(21)11-15(20)13-4-5-19(17(22)23-2)14(10-13)12-18-6-8-24-9-7-18/h13-14H,3-12H2,1-2H3/t13-,14-/m0/s1. The van der Waals surface area contributed by atoms with Gasteiger partial charge in [-0.15, -0.1) is 0 Å². The number of methoxy groups -OCH3 is 1. The van der Waals surface area contributed by atoms with Gasteiger partial charge in [-0.3, -0.25) is 14.5 Å². The molecule has 0 spiro atoms. The molecule has 2 saturated heterocycles. The molecular weight excluding hydrogens is 328 g/mol. The number of hydrogen-bond acceptors (Lipinski definition) is 7. The van der Waals surface area contributed by atoms with E-state index < -0.39 is 5.97 Å². The first-order valence-corrected chi connectivity index (χ1v) is 8.88. The highest BCUT2D eigenvalue weighted by Gasteiger charge is 2.36. The van der Waals surface area contributed by atoms with E-state index in [0.717, 1.165) is 13.1 Å². The summed E-state index contributed by atoms with van der Waals surface area (Å²) in [6.45, 7) is 6.11. The number of rotatable bonds is 6. The minimum Gasteiger partial charge on any atom is -0.466 e. The van der Waals surface area contributed by atoms with Crippen LogP contribution in [0.2, 0.25) is 0 Å². The Bertz CT molecular complexity index is 478. The van der Waals surface area contributed by atoms with Crippen LogP contribution in [0, 0.1) is 5.92 Å². The molecule has 2 aliphatic rings. The van der Waals surface area contributed by atoms with Gasteiger partial charge in [0.25, 0.3) is 0 Å². The fourth-order valence-corrected chi connectivity index (χ4v) is 3.45. The van der Waals surface area contributed by atoms with Gasteiger partial charge in [-0.1, -0.05) is 0 Å². The second-order valence-electron chi connectivity index (χ2n) is 6.40. The summed E-state index contributed by atoms with van der Waals surface area (Å²) >= 11 is 0. The van der Waals surface area contributed by atoms with Gasteiger partial charge in [0.1, 0.15) is 12.2 Å². The monoisotopic (exact) mass is 356 g/mol. The number of Topliss-reactive ketones (excluding diaryl/α,β-unsaturated/α-hetero) is 1. The van der Waals surface area contributed by atoms with Crippen molar-refractivity contribution in [3.63, 3.8) is 0 Å². The second-order valence-corrected chi connectivity index (χ2v) is 6.40. The lowest BCUT2D eigenvalue weighted by Gasteiger charge is -2.41. The topological polar surface area (TPSA) is 85.4 Å². The van der Waals surface area contributed by atoms with Crippen molar-refractivity contribution in [3.05, 3.63) is 0 Å². The van der Waals surface area contributed by atoms with Crippen molar-refractivity contribution in [2.45, 2.75) is 32.2 Å². The maximum atomic E-state index is 12.4. The third-order valence-electron chi connectivity index (χ3n) is 4.78. The molecule has 0 saturated carbocycles. The zero-order valence-corrected chi connectivity index (χ0v) is 15.1. The van der Waals surface area contributed by atoms with Crippen molar-refractivity contribution >= 4 is 17.8 Å². The number of morpholine rings is 1. The highest BCUT2D eigenvalue weighted by molar-refractivity contribution is 5.96. The Morgan fingerprint density at radius 2 is 1.88 bits per heavy atom. The van der Waals surface area contributed by atoms with Gasteiger partial charge >= 0.3 is 12.1 Å². The number of nitrogens with zero attached hydrogens (tertiary/aromatic N) is 2. The lowest BCUT2D eigenvalue weighted by Crippen LogP contribution is -2.53. The number of amides is 1. The molecule has 0 aliphatic carbocycles. The number of esters is 1. The smallest absolute Gasteiger partial charge is 0.409 e. The number of ether oxygens (including phenoxy) is 3. The maximum absolute atomic E-state index is 12.4. The summed E-state index contributed by atoms with van der Waals surface area (Å²) in [7, 11) is 1.37. The average molecular weight is 356 g/mol. The first-order chi connectivity index (χ1) is 12.0. The molecule has 0 bridgehead atoms. The molecule has 2 heterocycles. The number of ketones is 1. The number of likely N-dealkylation sites (tertiary alicyclic amines) is 1. The summed E-state index contributed by atoms with van der Waals surface area (Å²) in [5.74, 6) is -0.807. The van der Waals surface area contributed by atoms with Crippen LogP contribution in [0.15, 0.2) is 0 Å². The van der Waals surface area contributed by atoms with Crippen LogP contribution in [0.25, 0.3) is 0 Å². The summed E-state index contributed by atoms with van der Waals surface area (Å²) in [5, 5.41) is 0. The van der Waals surface area contributed by atoms with E-state index in [1.807, 2.05) is 0 Å².